The van der Waals surface area contributed by atoms with Gasteiger partial charge in [0.05, 0.1) is 13.5 Å². The van der Waals surface area contributed by atoms with Crippen molar-refractivity contribution in [2.75, 3.05) is 0 Å². The van der Waals surface area contributed by atoms with Crippen LogP contribution < -0.4 is 0 Å². The molecule has 0 saturated heterocycles. The molecule has 1 N–H and O–H groups in total. The minimum absolute atomic E-state index is 0.443. The summed E-state index contributed by atoms with van der Waals surface area (Å²) >= 11 is 0. The fourth-order valence-electron chi connectivity index (χ4n) is 1.12. The Morgan fingerprint density at radius 3 is 3.25 bits per heavy atom. The van der Waals surface area contributed by atoms with E-state index in [-0.39, 0.29) is 0 Å². The molecule has 1 atom stereocenters. The minimum Gasteiger partial charge on any atom is -0.392 e. The second-order valence-corrected chi connectivity index (χ2v) is 2.43. The topological polar surface area (TPSA) is 46.0 Å². The van der Waals surface area contributed by atoms with E-state index in [2.05, 4.69) is 9.97 Å². The van der Waals surface area contributed by atoms with Gasteiger partial charge in [-0.15, -0.1) is 0 Å². The number of hydrogen-bond donors (Lipinski definition) is 1. The van der Waals surface area contributed by atoms with Crippen molar-refractivity contribution < 1.29 is 6.48 Å². The number of pyridine rings is 2. The van der Waals surface area contributed by atoms with Crippen LogP contribution in [0.5, 0.6) is 0 Å². The fraction of sp³-hybridized carbons (Fsp3) is 0.111. The third kappa shape index (κ3) is 1.04. The Hall–Kier alpha value is -1.48. The highest BCUT2D eigenvalue weighted by molar-refractivity contribution is 5.80. The summed E-state index contributed by atoms with van der Waals surface area (Å²) in [4.78, 5) is 8.00. The fourth-order valence-corrected chi connectivity index (χ4v) is 1.12. The number of aliphatic hydroxyl groups is 1. The van der Waals surface area contributed by atoms with Crippen LogP contribution in [0, 0.1) is 0 Å². The molecular weight excluding hydrogens is 152 g/mol. The van der Waals surface area contributed by atoms with E-state index in [1.807, 2.05) is 6.07 Å². The van der Waals surface area contributed by atoms with E-state index >= 15 is 0 Å². The maximum atomic E-state index is 9.11. The molecule has 0 radical (unpaired) electrons. The smallest absolute Gasteiger partial charge is 0.0787 e. The molecule has 2 aromatic rings. The highest BCUT2D eigenvalue weighted by Crippen LogP contribution is 2.13. The van der Waals surface area contributed by atoms with Crippen LogP contribution in [0.25, 0.3) is 10.9 Å². The van der Waals surface area contributed by atoms with Gasteiger partial charge in [0.25, 0.3) is 0 Å². The van der Waals surface area contributed by atoms with Gasteiger partial charge >= 0.3 is 0 Å². The molecule has 2 heterocycles. The van der Waals surface area contributed by atoms with Crippen molar-refractivity contribution >= 4 is 10.9 Å². The molecule has 0 bridgehead atoms. The zero-order valence-electron chi connectivity index (χ0n) is 7.31. The molecule has 2 aromatic heterocycles. The molecule has 0 saturated carbocycles. The molecule has 3 heteroatoms. The maximum absolute atomic E-state index is 9.11. The Kier molecular flexibility index (Phi) is 1.45. The molecule has 3 nitrogen and oxygen atoms in total. The summed E-state index contributed by atoms with van der Waals surface area (Å²) in [6, 6.07) is 3.64. The van der Waals surface area contributed by atoms with Gasteiger partial charge in [-0.1, -0.05) is 0 Å². The number of aliphatic hydroxyl groups excluding tert-OH is 1. The van der Waals surface area contributed by atoms with E-state index < -0.39 is 6.58 Å². The molecule has 0 amide bonds. The monoisotopic (exact) mass is 161 g/mol. The maximum Gasteiger partial charge on any atom is 0.0787 e. The van der Waals surface area contributed by atoms with Crippen LogP contribution in [0.3, 0.4) is 0 Å². The predicted octanol–water partition coefficient (Wildman–Crippen LogP) is 1.12. The summed E-state index contributed by atoms with van der Waals surface area (Å²) in [6.45, 7) is -1.27. The largest absolute Gasteiger partial charge is 0.392 e. The number of fused-ring (bicyclic) bond motifs is 1. The Balaban J connectivity index is 2.76. The summed E-state index contributed by atoms with van der Waals surface area (Å²) in [5.74, 6) is 0. The first-order chi connectivity index (χ1) is 6.29. The molecule has 12 heavy (non-hydrogen) atoms. The molecule has 0 aliphatic heterocycles. The highest BCUT2D eigenvalue weighted by Gasteiger charge is 1.99. The van der Waals surface area contributed by atoms with E-state index in [0.29, 0.717) is 11.1 Å². The van der Waals surface area contributed by atoms with Gasteiger partial charge in [-0.3, -0.25) is 9.97 Å². The molecule has 0 fully saturated rings. The first kappa shape index (κ1) is 6.08. The number of hydrogen-bond acceptors (Lipinski definition) is 3. The van der Waals surface area contributed by atoms with Crippen LogP contribution in [0.2, 0.25) is 0 Å². The first-order valence-electron chi connectivity index (χ1n) is 4.16. The number of rotatable bonds is 1. The van der Waals surface area contributed by atoms with Gasteiger partial charge in [0.1, 0.15) is 0 Å². The third-order valence-electron chi connectivity index (χ3n) is 1.68. The van der Waals surface area contributed by atoms with Crippen LogP contribution in [0.4, 0.5) is 0 Å². The molecule has 0 aliphatic carbocycles. The summed E-state index contributed by atoms with van der Waals surface area (Å²) in [5.41, 5.74) is 1.08. The van der Waals surface area contributed by atoms with Crippen molar-refractivity contribution in [3.63, 3.8) is 0 Å². The Morgan fingerprint density at radius 2 is 2.42 bits per heavy atom. The minimum atomic E-state index is -1.27. The van der Waals surface area contributed by atoms with E-state index in [4.69, 9.17) is 6.48 Å². The van der Waals surface area contributed by atoms with Gasteiger partial charge in [-0.2, -0.15) is 0 Å². The molecule has 0 spiro atoms. The second-order valence-electron chi connectivity index (χ2n) is 2.43. The van der Waals surface area contributed by atoms with Crippen LogP contribution >= 0.6 is 0 Å². The number of nitrogens with zero attached hydrogens (tertiary/aromatic N) is 2. The zero-order valence-corrected chi connectivity index (χ0v) is 6.31. The lowest BCUT2D eigenvalue weighted by molar-refractivity contribution is 0.282. The van der Waals surface area contributed by atoms with Crippen molar-refractivity contribution in [2.45, 2.75) is 6.58 Å². The van der Waals surface area contributed by atoms with Gasteiger partial charge in [0.15, 0.2) is 0 Å². The van der Waals surface area contributed by atoms with Crippen molar-refractivity contribution in [3.05, 3.63) is 36.3 Å². The SMILES string of the molecule is [2H]C(O)c1cncc2cccnc12. The van der Waals surface area contributed by atoms with Crippen molar-refractivity contribution in [2.24, 2.45) is 0 Å². The lowest BCUT2D eigenvalue weighted by atomic mass is 10.2. The first-order valence-corrected chi connectivity index (χ1v) is 3.58. The Labute approximate surface area is 71.1 Å². The molecule has 2 rings (SSSR count). The van der Waals surface area contributed by atoms with E-state index in [1.54, 1.807) is 18.5 Å². The summed E-state index contributed by atoms with van der Waals surface area (Å²) in [6.07, 6.45) is 4.76. The average molecular weight is 161 g/mol. The molecule has 0 aromatic carbocycles. The zero-order chi connectivity index (χ0) is 9.26. The number of aromatic nitrogens is 2. The quantitative estimate of drug-likeness (QED) is 0.681. The van der Waals surface area contributed by atoms with Gasteiger partial charge in [0, 0.05) is 29.5 Å². The normalized spacial score (nSPS) is 14.2. The van der Waals surface area contributed by atoms with Gasteiger partial charge < -0.3 is 5.11 Å². The summed E-state index contributed by atoms with van der Waals surface area (Å²) < 4.78 is 7.18. The van der Waals surface area contributed by atoms with Gasteiger partial charge in [0.2, 0.25) is 0 Å². The molecule has 0 aliphatic rings. The lowest BCUT2D eigenvalue weighted by Gasteiger charge is -1.99. The second kappa shape index (κ2) is 2.87. The van der Waals surface area contributed by atoms with Crippen LogP contribution in [0.1, 0.15) is 6.93 Å². The van der Waals surface area contributed by atoms with Gasteiger partial charge in [-0.05, 0) is 12.1 Å². The van der Waals surface area contributed by atoms with Crippen LogP contribution in [-0.4, -0.2) is 15.1 Å². The summed E-state index contributed by atoms with van der Waals surface area (Å²) in [7, 11) is 0. The molecular formula is C9H8N2O. The predicted molar refractivity (Wildman–Crippen MR) is 45.5 cm³/mol. The lowest BCUT2D eigenvalue weighted by Crippen LogP contribution is -1.89. The van der Waals surface area contributed by atoms with Crippen LogP contribution in [0.15, 0.2) is 30.7 Å². The van der Waals surface area contributed by atoms with E-state index in [0.717, 1.165) is 5.39 Å². The molecule has 1 unspecified atom stereocenters. The van der Waals surface area contributed by atoms with Crippen molar-refractivity contribution in [3.8, 4) is 0 Å². The Bertz CT molecular complexity index is 425. The van der Waals surface area contributed by atoms with Crippen molar-refractivity contribution in [1.82, 2.24) is 9.97 Å². The van der Waals surface area contributed by atoms with Gasteiger partial charge in [-0.25, -0.2) is 0 Å². The molecule has 60 valence electrons. The van der Waals surface area contributed by atoms with E-state index in [1.165, 1.54) is 6.20 Å². The van der Waals surface area contributed by atoms with Crippen molar-refractivity contribution in [1.29, 1.82) is 0 Å². The van der Waals surface area contributed by atoms with Crippen LogP contribution in [-0.2, 0) is 6.58 Å². The average Bonchev–Trinajstić information content (AvgIpc) is 2.17. The summed E-state index contributed by atoms with van der Waals surface area (Å²) in [5, 5.41) is 9.95. The highest BCUT2D eigenvalue weighted by atomic mass is 16.3. The van der Waals surface area contributed by atoms with E-state index in [9.17, 15) is 0 Å². The third-order valence-corrected chi connectivity index (χ3v) is 1.68. The Morgan fingerprint density at radius 1 is 1.50 bits per heavy atom. The standard InChI is InChI=1S/C9H8N2O/c12-6-8-5-10-4-7-2-1-3-11-9(7)8/h1-5,12H,6H2/i6D.